The highest BCUT2D eigenvalue weighted by Gasteiger charge is 2.20. The summed E-state index contributed by atoms with van der Waals surface area (Å²) >= 11 is 0. The number of benzene rings is 1. The van der Waals surface area contributed by atoms with E-state index in [2.05, 4.69) is 56.8 Å². The monoisotopic (exact) mass is 294 g/mol. The van der Waals surface area contributed by atoms with Crippen LogP contribution in [-0.4, -0.2) is 23.3 Å². The summed E-state index contributed by atoms with van der Waals surface area (Å²) in [4.78, 5) is 2.30. The van der Waals surface area contributed by atoms with Gasteiger partial charge in [0, 0.05) is 13.1 Å². The van der Waals surface area contributed by atoms with Crippen LogP contribution in [0.1, 0.15) is 29.7 Å². The average Bonchev–Trinajstić information content (AvgIpc) is 3.00. The van der Waals surface area contributed by atoms with Gasteiger partial charge in [0.25, 0.3) is 0 Å². The second kappa shape index (κ2) is 6.05. The Morgan fingerprint density at radius 3 is 2.50 bits per heavy atom. The number of nitrogens with zero attached hydrogens (tertiary/aromatic N) is 3. The second-order valence-corrected chi connectivity index (χ2v) is 6.42. The fourth-order valence-corrected chi connectivity index (χ4v) is 3.52. The number of anilines is 1. The second-order valence-electron chi connectivity index (χ2n) is 6.42. The van der Waals surface area contributed by atoms with Crippen molar-refractivity contribution in [2.45, 2.75) is 32.4 Å². The summed E-state index contributed by atoms with van der Waals surface area (Å²) in [6.45, 7) is 4.16. The van der Waals surface area contributed by atoms with Crippen molar-refractivity contribution < 1.29 is 0 Å². The molecule has 4 nitrogen and oxygen atoms in total. The van der Waals surface area contributed by atoms with Crippen molar-refractivity contribution >= 4 is 5.82 Å². The minimum absolute atomic E-state index is 0.713. The van der Waals surface area contributed by atoms with E-state index < -0.39 is 0 Å². The Morgan fingerprint density at radius 2 is 1.86 bits per heavy atom. The van der Waals surface area contributed by atoms with E-state index in [0.717, 1.165) is 44.1 Å². The Balaban J connectivity index is 1.42. The Morgan fingerprint density at radius 1 is 1.05 bits per heavy atom. The van der Waals surface area contributed by atoms with E-state index in [1.165, 1.54) is 24.0 Å². The molecule has 2 aliphatic rings. The lowest BCUT2D eigenvalue weighted by Crippen LogP contribution is -2.31. The number of hydrogen-bond donors (Lipinski definition) is 1. The molecule has 0 bridgehead atoms. The van der Waals surface area contributed by atoms with Crippen LogP contribution < -0.4 is 10.2 Å². The van der Waals surface area contributed by atoms with Gasteiger partial charge in [0.1, 0.15) is 0 Å². The van der Waals surface area contributed by atoms with Gasteiger partial charge in [-0.25, -0.2) is 0 Å². The van der Waals surface area contributed by atoms with Crippen LogP contribution in [0.5, 0.6) is 0 Å². The lowest BCUT2D eigenvalue weighted by atomic mass is 9.95. The Bertz CT molecular complexity index is 607. The normalized spacial score (nSPS) is 20.9. The first-order chi connectivity index (χ1) is 10.9. The lowest BCUT2D eigenvalue weighted by molar-refractivity contribution is 0.372. The molecule has 4 rings (SSSR count). The van der Waals surface area contributed by atoms with Crippen LogP contribution in [0.4, 0.5) is 5.82 Å². The Hall–Kier alpha value is -1.94. The standard InChI is InChI=1S/C18H22N4/c1-2-6-16-13-22(12-15(16)5-1)18-8-7-17(20-21-18)10-14-4-3-9-19-11-14/h1-2,5-8,14,19H,3-4,9-13H2. The highest BCUT2D eigenvalue weighted by atomic mass is 15.3. The fraction of sp³-hybridized carbons (Fsp3) is 0.444. The number of fused-ring (bicyclic) bond motifs is 1. The van der Waals surface area contributed by atoms with Gasteiger partial charge >= 0.3 is 0 Å². The van der Waals surface area contributed by atoms with Gasteiger partial charge in [-0.05, 0) is 61.5 Å². The van der Waals surface area contributed by atoms with Gasteiger partial charge in [0.2, 0.25) is 0 Å². The van der Waals surface area contributed by atoms with Gasteiger partial charge in [-0.2, -0.15) is 5.10 Å². The number of aromatic nitrogens is 2. The Kier molecular flexibility index (Phi) is 3.77. The van der Waals surface area contributed by atoms with E-state index in [-0.39, 0.29) is 0 Å². The summed E-state index contributed by atoms with van der Waals surface area (Å²) in [6, 6.07) is 12.9. The maximum absolute atomic E-state index is 4.46. The molecule has 2 aliphatic heterocycles. The molecule has 1 aromatic carbocycles. The predicted molar refractivity (Wildman–Crippen MR) is 87.7 cm³/mol. The minimum Gasteiger partial charge on any atom is -0.346 e. The summed E-state index contributed by atoms with van der Waals surface area (Å²) in [6.07, 6.45) is 3.63. The third-order valence-electron chi connectivity index (χ3n) is 4.77. The van der Waals surface area contributed by atoms with E-state index in [1.54, 1.807) is 0 Å². The van der Waals surface area contributed by atoms with E-state index >= 15 is 0 Å². The van der Waals surface area contributed by atoms with Gasteiger partial charge in [0.15, 0.2) is 5.82 Å². The van der Waals surface area contributed by atoms with Crippen LogP contribution in [0.3, 0.4) is 0 Å². The molecular weight excluding hydrogens is 272 g/mol. The molecule has 22 heavy (non-hydrogen) atoms. The third kappa shape index (κ3) is 2.83. The molecule has 1 N–H and O–H groups in total. The third-order valence-corrected chi connectivity index (χ3v) is 4.77. The van der Waals surface area contributed by atoms with Crippen molar-refractivity contribution in [2.24, 2.45) is 5.92 Å². The zero-order valence-corrected chi connectivity index (χ0v) is 12.8. The molecule has 4 heteroatoms. The zero-order chi connectivity index (χ0) is 14.8. The lowest BCUT2D eigenvalue weighted by Gasteiger charge is -2.22. The topological polar surface area (TPSA) is 41.0 Å². The number of hydrogen-bond acceptors (Lipinski definition) is 4. The van der Waals surface area contributed by atoms with Gasteiger partial charge < -0.3 is 10.2 Å². The van der Waals surface area contributed by atoms with Crippen molar-refractivity contribution in [3.05, 3.63) is 53.2 Å². The molecule has 0 spiro atoms. The highest BCUT2D eigenvalue weighted by Crippen LogP contribution is 2.26. The van der Waals surface area contributed by atoms with Gasteiger partial charge in [-0.15, -0.1) is 5.10 Å². The molecule has 1 fully saturated rings. The summed E-state index contributed by atoms with van der Waals surface area (Å²) in [5.74, 6) is 1.70. The molecule has 114 valence electrons. The number of piperidine rings is 1. The van der Waals surface area contributed by atoms with Crippen LogP contribution in [0.15, 0.2) is 36.4 Å². The quantitative estimate of drug-likeness (QED) is 0.944. The summed E-state index contributed by atoms with van der Waals surface area (Å²) in [7, 11) is 0. The van der Waals surface area contributed by atoms with Crippen molar-refractivity contribution in [3.8, 4) is 0 Å². The van der Waals surface area contributed by atoms with Gasteiger partial charge in [-0.3, -0.25) is 0 Å². The molecule has 1 atom stereocenters. The molecule has 0 radical (unpaired) electrons. The SMILES string of the molecule is c1ccc2c(c1)CN(c1ccc(CC3CCCNC3)nn1)C2. The molecule has 3 heterocycles. The van der Waals surface area contributed by atoms with Crippen molar-refractivity contribution in [1.29, 1.82) is 0 Å². The van der Waals surface area contributed by atoms with Gasteiger partial charge in [-0.1, -0.05) is 24.3 Å². The summed E-state index contributed by atoms with van der Waals surface area (Å²) < 4.78 is 0. The molecule has 1 saturated heterocycles. The first kappa shape index (κ1) is 13.7. The summed E-state index contributed by atoms with van der Waals surface area (Å²) in [5, 5.41) is 12.4. The maximum Gasteiger partial charge on any atom is 0.151 e. The molecular formula is C18H22N4. The molecule has 1 aromatic heterocycles. The molecule has 0 saturated carbocycles. The zero-order valence-electron chi connectivity index (χ0n) is 12.8. The molecule has 0 amide bonds. The Labute approximate surface area is 131 Å². The smallest absolute Gasteiger partial charge is 0.151 e. The van der Waals surface area contributed by atoms with E-state index in [0.29, 0.717) is 5.92 Å². The predicted octanol–water partition coefficient (Wildman–Crippen LogP) is 2.54. The van der Waals surface area contributed by atoms with Crippen LogP contribution in [-0.2, 0) is 19.5 Å². The van der Waals surface area contributed by atoms with Crippen LogP contribution in [0.25, 0.3) is 0 Å². The molecule has 1 unspecified atom stereocenters. The first-order valence-electron chi connectivity index (χ1n) is 8.23. The van der Waals surface area contributed by atoms with Crippen molar-refractivity contribution in [1.82, 2.24) is 15.5 Å². The highest BCUT2D eigenvalue weighted by molar-refractivity contribution is 5.46. The minimum atomic E-state index is 0.713. The fourth-order valence-electron chi connectivity index (χ4n) is 3.52. The van der Waals surface area contributed by atoms with Crippen LogP contribution in [0, 0.1) is 5.92 Å². The van der Waals surface area contributed by atoms with Crippen molar-refractivity contribution in [3.63, 3.8) is 0 Å². The largest absolute Gasteiger partial charge is 0.346 e. The van der Waals surface area contributed by atoms with E-state index in [4.69, 9.17) is 0 Å². The number of rotatable bonds is 3. The van der Waals surface area contributed by atoms with E-state index in [9.17, 15) is 0 Å². The molecule has 2 aromatic rings. The van der Waals surface area contributed by atoms with Crippen LogP contribution >= 0.6 is 0 Å². The maximum atomic E-state index is 4.46. The number of nitrogens with one attached hydrogen (secondary N) is 1. The van der Waals surface area contributed by atoms with Crippen molar-refractivity contribution in [2.75, 3.05) is 18.0 Å². The average molecular weight is 294 g/mol. The first-order valence-corrected chi connectivity index (χ1v) is 8.23. The van der Waals surface area contributed by atoms with Gasteiger partial charge in [0.05, 0.1) is 5.69 Å². The summed E-state index contributed by atoms with van der Waals surface area (Å²) in [5.41, 5.74) is 3.93. The van der Waals surface area contributed by atoms with Crippen LogP contribution in [0.2, 0.25) is 0 Å². The van der Waals surface area contributed by atoms with E-state index in [1.807, 2.05) is 0 Å². The molecule has 0 aliphatic carbocycles.